The zero-order chi connectivity index (χ0) is 17.1. The van der Waals surface area contributed by atoms with E-state index in [1.165, 1.54) is 0 Å². The van der Waals surface area contributed by atoms with Gasteiger partial charge in [-0.05, 0) is 37.6 Å². The minimum atomic E-state index is 0.0717. The predicted octanol–water partition coefficient (Wildman–Crippen LogP) is 2.33. The lowest BCUT2D eigenvalue weighted by molar-refractivity contribution is 0.0673. The maximum absolute atomic E-state index is 12.8. The number of carbonyl (C=O) groups is 1. The number of hydrogen-bond acceptors (Lipinski definition) is 4. The summed E-state index contributed by atoms with van der Waals surface area (Å²) >= 11 is 0. The number of amides is 1. The molecule has 1 aromatic carbocycles. The molecule has 1 aliphatic rings. The second kappa shape index (κ2) is 6.95. The predicted molar refractivity (Wildman–Crippen MR) is 93.7 cm³/mol. The first kappa shape index (κ1) is 16.4. The van der Waals surface area contributed by atoms with E-state index in [-0.39, 0.29) is 11.9 Å². The lowest BCUT2D eigenvalue weighted by atomic mass is 10.1. The molecular formula is C18H24N4O2. The molecule has 1 fully saturated rings. The summed E-state index contributed by atoms with van der Waals surface area (Å²) in [6.45, 7) is 6.47. The van der Waals surface area contributed by atoms with Crippen molar-refractivity contribution < 1.29 is 9.53 Å². The lowest BCUT2D eigenvalue weighted by Crippen LogP contribution is -2.54. The van der Waals surface area contributed by atoms with Gasteiger partial charge in [0.1, 0.15) is 5.75 Å². The van der Waals surface area contributed by atoms with Crippen LogP contribution in [0.5, 0.6) is 5.75 Å². The highest BCUT2D eigenvalue weighted by Crippen LogP contribution is 2.23. The van der Waals surface area contributed by atoms with Crippen molar-refractivity contribution in [3.05, 3.63) is 41.7 Å². The number of methoxy groups -OCH3 is 1. The van der Waals surface area contributed by atoms with Gasteiger partial charge in [-0.1, -0.05) is 6.92 Å². The number of aromatic nitrogens is 2. The van der Waals surface area contributed by atoms with Gasteiger partial charge < -0.3 is 14.5 Å². The Kier molecular flexibility index (Phi) is 4.74. The normalized spacial score (nSPS) is 17.9. The SMILES string of the molecule is CCc1[nH]ncc1C(=O)N1CCN(c2ccc(OC)cc2)C[C@H]1C. The maximum atomic E-state index is 12.8. The van der Waals surface area contributed by atoms with Gasteiger partial charge >= 0.3 is 0 Å². The van der Waals surface area contributed by atoms with Gasteiger partial charge in [-0.25, -0.2) is 0 Å². The third-order valence-corrected chi connectivity index (χ3v) is 4.63. The van der Waals surface area contributed by atoms with E-state index in [1.807, 2.05) is 24.0 Å². The van der Waals surface area contributed by atoms with Gasteiger partial charge in [0.2, 0.25) is 0 Å². The fraction of sp³-hybridized carbons (Fsp3) is 0.444. The standard InChI is InChI=1S/C18H24N4O2/c1-4-17-16(11-19-20-17)18(23)22-10-9-21(12-13(22)2)14-5-7-15(24-3)8-6-14/h5-8,11,13H,4,9-10,12H2,1-3H3,(H,19,20)/t13-/m1/s1. The Balaban J connectivity index is 1.69. The maximum Gasteiger partial charge on any atom is 0.257 e. The Morgan fingerprint density at radius 2 is 2.08 bits per heavy atom. The Morgan fingerprint density at radius 3 is 2.71 bits per heavy atom. The number of benzene rings is 1. The molecule has 1 amide bonds. The van der Waals surface area contributed by atoms with Gasteiger partial charge in [-0.2, -0.15) is 5.10 Å². The monoisotopic (exact) mass is 328 g/mol. The van der Waals surface area contributed by atoms with Gasteiger partial charge in [-0.3, -0.25) is 9.89 Å². The molecule has 128 valence electrons. The highest BCUT2D eigenvalue weighted by molar-refractivity contribution is 5.95. The molecule has 0 radical (unpaired) electrons. The van der Waals surface area contributed by atoms with E-state index in [0.29, 0.717) is 12.1 Å². The first-order valence-electron chi connectivity index (χ1n) is 8.36. The summed E-state index contributed by atoms with van der Waals surface area (Å²) in [4.78, 5) is 17.1. The summed E-state index contributed by atoms with van der Waals surface area (Å²) in [7, 11) is 1.67. The zero-order valence-corrected chi connectivity index (χ0v) is 14.5. The van der Waals surface area contributed by atoms with Gasteiger partial charge in [0.25, 0.3) is 5.91 Å². The van der Waals surface area contributed by atoms with E-state index in [0.717, 1.165) is 36.6 Å². The van der Waals surface area contributed by atoms with Crippen LogP contribution in [0.15, 0.2) is 30.5 Å². The molecule has 6 nitrogen and oxygen atoms in total. The molecule has 0 aliphatic carbocycles. The number of aryl methyl sites for hydroxylation is 1. The molecule has 1 aliphatic heterocycles. The number of hydrogen-bond donors (Lipinski definition) is 1. The van der Waals surface area contributed by atoms with Crippen molar-refractivity contribution in [1.82, 2.24) is 15.1 Å². The summed E-state index contributed by atoms with van der Waals surface area (Å²) in [6.07, 6.45) is 2.42. The summed E-state index contributed by atoms with van der Waals surface area (Å²) < 4.78 is 5.21. The Hall–Kier alpha value is -2.50. The number of rotatable bonds is 4. The number of nitrogens with one attached hydrogen (secondary N) is 1. The second-order valence-electron chi connectivity index (χ2n) is 6.11. The van der Waals surface area contributed by atoms with Crippen molar-refractivity contribution in [2.24, 2.45) is 0 Å². The molecular weight excluding hydrogens is 304 g/mol. The van der Waals surface area contributed by atoms with Crippen molar-refractivity contribution in [1.29, 1.82) is 0 Å². The third-order valence-electron chi connectivity index (χ3n) is 4.63. The van der Waals surface area contributed by atoms with E-state index in [2.05, 4.69) is 34.2 Å². The highest BCUT2D eigenvalue weighted by atomic mass is 16.5. The average molecular weight is 328 g/mol. The molecule has 1 saturated heterocycles. The van der Waals surface area contributed by atoms with E-state index >= 15 is 0 Å². The minimum absolute atomic E-state index is 0.0717. The van der Waals surface area contributed by atoms with Crippen LogP contribution in [0.1, 0.15) is 29.9 Å². The van der Waals surface area contributed by atoms with Gasteiger partial charge in [0.15, 0.2) is 0 Å². The van der Waals surface area contributed by atoms with E-state index < -0.39 is 0 Å². The molecule has 1 aromatic heterocycles. The van der Waals surface area contributed by atoms with Crippen LogP contribution < -0.4 is 9.64 Å². The largest absolute Gasteiger partial charge is 0.497 e. The van der Waals surface area contributed by atoms with Crippen molar-refractivity contribution in [2.75, 3.05) is 31.6 Å². The first-order valence-corrected chi connectivity index (χ1v) is 8.36. The lowest BCUT2D eigenvalue weighted by Gasteiger charge is -2.41. The minimum Gasteiger partial charge on any atom is -0.497 e. The zero-order valence-electron chi connectivity index (χ0n) is 14.5. The van der Waals surface area contributed by atoms with Crippen LogP contribution >= 0.6 is 0 Å². The van der Waals surface area contributed by atoms with Crippen molar-refractivity contribution >= 4 is 11.6 Å². The third kappa shape index (κ3) is 3.09. The van der Waals surface area contributed by atoms with Crippen LogP contribution in [0.25, 0.3) is 0 Å². The second-order valence-corrected chi connectivity index (χ2v) is 6.11. The summed E-state index contributed by atoms with van der Waals surface area (Å²) in [5.74, 6) is 0.926. The van der Waals surface area contributed by atoms with Crippen LogP contribution in [-0.4, -0.2) is 53.8 Å². The molecule has 3 rings (SSSR count). The smallest absolute Gasteiger partial charge is 0.257 e. The molecule has 2 aromatic rings. The topological polar surface area (TPSA) is 61.5 Å². The molecule has 2 heterocycles. The molecule has 1 N–H and O–H groups in total. The molecule has 6 heteroatoms. The van der Waals surface area contributed by atoms with Crippen molar-refractivity contribution in [2.45, 2.75) is 26.3 Å². The van der Waals surface area contributed by atoms with E-state index in [9.17, 15) is 4.79 Å². The van der Waals surface area contributed by atoms with Crippen molar-refractivity contribution in [3.8, 4) is 5.75 Å². The fourth-order valence-electron chi connectivity index (χ4n) is 3.21. The summed E-state index contributed by atoms with van der Waals surface area (Å²) in [5, 5.41) is 6.93. The Labute approximate surface area is 142 Å². The summed E-state index contributed by atoms with van der Waals surface area (Å²) in [6, 6.07) is 8.21. The van der Waals surface area contributed by atoms with Crippen LogP contribution in [0.4, 0.5) is 5.69 Å². The number of carbonyl (C=O) groups excluding carboxylic acids is 1. The Morgan fingerprint density at radius 1 is 1.33 bits per heavy atom. The van der Waals surface area contributed by atoms with Gasteiger partial charge in [0, 0.05) is 37.1 Å². The van der Waals surface area contributed by atoms with Crippen LogP contribution in [0, 0.1) is 0 Å². The quantitative estimate of drug-likeness (QED) is 0.936. The van der Waals surface area contributed by atoms with Gasteiger partial charge in [-0.15, -0.1) is 0 Å². The number of H-pyrrole nitrogens is 1. The molecule has 0 unspecified atom stereocenters. The van der Waals surface area contributed by atoms with Crippen LogP contribution in [0.2, 0.25) is 0 Å². The number of anilines is 1. The fourth-order valence-corrected chi connectivity index (χ4v) is 3.21. The van der Waals surface area contributed by atoms with E-state index in [4.69, 9.17) is 4.74 Å². The van der Waals surface area contributed by atoms with Crippen LogP contribution in [-0.2, 0) is 6.42 Å². The highest BCUT2D eigenvalue weighted by Gasteiger charge is 2.29. The molecule has 0 saturated carbocycles. The molecule has 1 atom stereocenters. The number of nitrogens with zero attached hydrogens (tertiary/aromatic N) is 3. The summed E-state index contributed by atoms with van der Waals surface area (Å²) in [5.41, 5.74) is 2.76. The molecule has 0 spiro atoms. The number of ether oxygens (including phenoxy) is 1. The van der Waals surface area contributed by atoms with Gasteiger partial charge in [0.05, 0.1) is 18.9 Å². The average Bonchev–Trinajstić information content (AvgIpc) is 3.10. The van der Waals surface area contributed by atoms with E-state index in [1.54, 1.807) is 13.3 Å². The number of aromatic amines is 1. The van der Waals surface area contributed by atoms with Crippen molar-refractivity contribution in [3.63, 3.8) is 0 Å². The number of piperazine rings is 1. The first-order chi connectivity index (χ1) is 11.6. The van der Waals surface area contributed by atoms with Crippen LogP contribution in [0.3, 0.4) is 0 Å². The Bertz CT molecular complexity index is 695. The molecule has 24 heavy (non-hydrogen) atoms. The molecule has 0 bridgehead atoms.